The van der Waals surface area contributed by atoms with Gasteiger partial charge in [0.15, 0.2) is 5.78 Å². The van der Waals surface area contributed by atoms with Crippen molar-refractivity contribution in [1.82, 2.24) is 4.90 Å². The number of ketones is 1. The molecule has 8 heteroatoms. The summed E-state index contributed by atoms with van der Waals surface area (Å²) in [4.78, 5) is 36.9. The standard InChI is InChI=1S/C23H26N2O6/c1-2-30-21-7-3-18(4-8-21)23(27)24-13-11-17(12-14-24)15-20(26)16-31-22-9-5-19(6-10-22)25(28)29/h3-10,17H,2,11-16H2,1H3. The second-order valence-corrected chi connectivity index (χ2v) is 7.48. The van der Waals surface area contributed by atoms with Crippen LogP contribution in [-0.2, 0) is 4.79 Å². The molecule has 1 fully saturated rings. The van der Waals surface area contributed by atoms with Crippen molar-refractivity contribution in [2.45, 2.75) is 26.2 Å². The number of non-ortho nitro benzene ring substituents is 1. The molecule has 0 spiro atoms. The molecule has 0 aromatic heterocycles. The summed E-state index contributed by atoms with van der Waals surface area (Å²) in [5, 5.41) is 10.7. The topological polar surface area (TPSA) is 99.0 Å². The van der Waals surface area contributed by atoms with Crippen molar-refractivity contribution in [2.75, 3.05) is 26.3 Å². The summed E-state index contributed by atoms with van der Waals surface area (Å²) in [6.45, 7) is 3.66. The molecule has 1 saturated heterocycles. The van der Waals surface area contributed by atoms with E-state index in [1.807, 2.05) is 11.8 Å². The number of Topliss-reactive ketones (excluding diaryl/α,β-unsaturated/α-hetero) is 1. The lowest BCUT2D eigenvalue weighted by Crippen LogP contribution is -2.39. The Balaban J connectivity index is 1.41. The molecular formula is C23H26N2O6. The third-order valence-corrected chi connectivity index (χ3v) is 5.28. The van der Waals surface area contributed by atoms with Gasteiger partial charge in [0.1, 0.15) is 18.1 Å². The number of carbonyl (C=O) groups excluding carboxylic acids is 2. The number of carbonyl (C=O) groups is 2. The number of nitro benzene ring substituents is 1. The summed E-state index contributed by atoms with van der Waals surface area (Å²) < 4.78 is 10.8. The Morgan fingerprint density at radius 1 is 1.00 bits per heavy atom. The SMILES string of the molecule is CCOc1ccc(C(=O)N2CCC(CC(=O)COc3ccc([N+](=O)[O-])cc3)CC2)cc1. The van der Waals surface area contributed by atoms with E-state index in [2.05, 4.69) is 0 Å². The van der Waals surface area contributed by atoms with Gasteiger partial charge < -0.3 is 14.4 Å². The van der Waals surface area contributed by atoms with E-state index in [9.17, 15) is 19.7 Å². The number of nitro groups is 1. The average Bonchev–Trinajstić information content (AvgIpc) is 2.79. The van der Waals surface area contributed by atoms with Crippen molar-refractivity contribution >= 4 is 17.4 Å². The number of benzene rings is 2. The molecule has 0 unspecified atom stereocenters. The van der Waals surface area contributed by atoms with Gasteiger partial charge in [0, 0.05) is 37.2 Å². The summed E-state index contributed by atoms with van der Waals surface area (Å²) in [6.07, 6.45) is 1.94. The highest BCUT2D eigenvalue weighted by molar-refractivity contribution is 5.94. The van der Waals surface area contributed by atoms with Crippen molar-refractivity contribution in [2.24, 2.45) is 5.92 Å². The van der Waals surface area contributed by atoms with Crippen molar-refractivity contribution in [1.29, 1.82) is 0 Å². The highest BCUT2D eigenvalue weighted by Crippen LogP contribution is 2.23. The Morgan fingerprint density at radius 2 is 1.58 bits per heavy atom. The Bertz CT molecular complexity index is 903. The van der Waals surface area contributed by atoms with E-state index in [4.69, 9.17) is 9.47 Å². The maximum Gasteiger partial charge on any atom is 0.269 e. The Hall–Kier alpha value is -3.42. The summed E-state index contributed by atoms with van der Waals surface area (Å²) in [7, 11) is 0. The molecule has 3 rings (SSSR count). The lowest BCUT2D eigenvalue weighted by molar-refractivity contribution is -0.384. The van der Waals surface area contributed by atoms with Crippen LogP contribution in [0.1, 0.15) is 36.5 Å². The Kier molecular flexibility index (Phi) is 7.59. The largest absolute Gasteiger partial charge is 0.494 e. The highest BCUT2D eigenvalue weighted by atomic mass is 16.6. The minimum Gasteiger partial charge on any atom is -0.494 e. The number of hydrogen-bond acceptors (Lipinski definition) is 6. The molecule has 0 atom stereocenters. The van der Waals surface area contributed by atoms with Crippen LogP contribution in [0.4, 0.5) is 5.69 Å². The molecule has 1 heterocycles. The highest BCUT2D eigenvalue weighted by Gasteiger charge is 2.25. The first kappa shape index (κ1) is 22.3. The Morgan fingerprint density at radius 3 is 2.16 bits per heavy atom. The lowest BCUT2D eigenvalue weighted by Gasteiger charge is -2.31. The predicted molar refractivity (Wildman–Crippen MR) is 114 cm³/mol. The number of ether oxygens (including phenoxy) is 2. The minimum atomic E-state index is -0.484. The van der Waals surface area contributed by atoms with Crippen molar-refractivity contribution in [3.8, 4) is 11.5 Å². The summed E-state index contributed by atoms with van der Waals surface area (Å²) in [5.41, 5.74) is 0.611. The van der Waals surface area contributed by atoms with Gasteiger partial charge in [-0.05, 0) is 62.1 Å². The number of amides is 1. The maximum atomic E-state index is 12.7. The monoisotopic (exact) mass is 426 g/mol. The molecule has 0 aliphatic carbocycles. The normalized spacial score (nSPS) is 14.2. The molecule has 2 aromatic rings. The first-order chi connectivity index (χ1) is 15.0. The average molecular weight is 426 g/mol. The van der Waals surface area contributed by atoms with Gasteiger partial charge in [-0.25, -0.2) is 0 Å². The molecule has 0 radical (unpaired) electrons. The van der Waals surface area contributed by atoms with Crippen LogP contribution in [0.25, 0.3) is 0 Å². The van der Waals surface area contributed by atoms with E-state index in [1.54, 1.807) is 24.3 Å². The fraction of sp³-hybridized carbons (Fsp3) is 0.391. The first-order valence-electron chi connectivity index (χ1n) is 10.4. The molecule has 0 saturated carbocycles. The van der Waals surface area contributed by atoms with Crippen LogP contribution >= 0.6 is 0 Å². The summed E-state index contributed by atoms with van der Waals surface area (Å²) in [5.74, 6) is 1.36. The van der Waals surface area contributed by atoms with Crippen LogP contribution in [0.15, 0.2) is 48.5 Å². The quantitative estimate of drug-likeness (QED) is 0.446. The molecule has 8 nitrogen and oxygen atoms in total. The summed E-state index contributed by atoms with van der Waals surface area (Å²) in [6, 6.07) is 12.8. The number of nitrogens with zero attached hydrogens (tertiary/aromatic N) is 2. The molecule has 2 aromatic carbocycles. The van der Waals surface area contributed by atoms with E-state index in [1.165, 1.54) is 24.3 Å². The van der Waals surface area contributed by atoms with Crippen LogP contribution in [0.3, 0.4) is 0 Å². The molecule has 0 N–H and O–H groups in total. The zero-order chi connectivity index (χ0) is 22.2. The molecule has 31 heavy (non-hydrogen) atoms. The van der Waals surface area contributed by atoms with Crippen LogP contribution in [-0.4, -0.2) is 47.8 Å². The van der Waals surface area contributed by atoms with Gasteiger partial charge in [0.05, 0.1) is 11.5 Å². The lowest BCUT2D eigenvalue weighted by atomic mass is 9.91. The third-order valence-electron chi connectivity index (χ3n) is 5.28. The van der Waals surface area contributed by atoms with Gasteiger partial charge in [0.2, 0.25) is 0 Å². The van der Waals surface area contributed by atoms with Gasteiger partial charge in [-0.15, -0.1) is 0 Å². The van der Waals surface area contributed by atoms with Gasteiger partial charge in [0.25, 0.3) is 11.6 Å². The second-order valence-electron chi connectivity index (χ2n) is 7.48. The number of piperidine rings is 1. The van der Waals surface area contributed by atoms with Gasteiger partial charge >= 0.3 is 0 Å². The van der Waals surface area contributed by atoms with Crippen molar-refractivity contribution < 1.29 is 24.0 Å². The molecule has 1 aliphatic heterocycles. The summed E-state index contributed by atoms with van der Waals surface area (Å²) >= 11 is 0. The number of rotatable bonds is 9. The van der Waals surface area contributed by atoms with Gasteiger partial charge in [-0.1, -0.05) is 0 Å². The molecule has 1 aliphatic rings. The number of likely N-dealkylation sites (tertiary alicyclic amines) is 1. The van der Waals surface area contributed by atoms with E-state index in [0.717, 1.165) is 18.6 Å². The van der Waals surface area contributed by atoms with Gasteiger partial charge in [-0.2, -0.15) is 0 Å². The zero-order valence-corrected chi connectivity index (χ0v) is 17.5. The fourth-order valence-corrected chi connectivity index (χ4v) is 3.59. The third kappa shape index (κ3) is 6.28. The Labute approximate surface area is 180 Å². The molecule has 164 valence electrons. The van der Waals surface area contributed by atoms with Crippen LogP contribution in [0.5, 0.6) is 11.5 Å². The van der Waals surface area contributed by atoms with Crippen molar-refractivity contribution in [3.63, 3.8) is 0 Å². The van der Waals surface area contributed by atoms with Crippen LogP contribution in [0.2, 0.25) is 0 Å². The smallest absolute Gasteiger partial charge is 0.269 e. The van der Waals surface area contributed by atoms with E-state index >= 15 is 0 Å². The van der Waals surface area contributed by atoms with E-state index in [-0.39, 0.29) is 29.9 Å². The molecule has 1 amide bonds. The zero-order valence-electron chi connectivity index (χ0n) is 17.5. The second kappa shape index (κ2) is 10.6. The van der Waals surface area contributed by atoms with E-state index in [0.29, 0.717) is 37.4 Å². The van der Waals surface area contributed by atoms with Gasteiger partial charge in [-0.3, -0.25) is 19.7 Å². The van der Waals surface area contributed by atoms with Crippen molar-refractivity contribution in [3.05, 3.63) is 64.2 Å². The maximum absolute atomic E-state index is 12.7. The minimum absolute atomic E-state index is 0.00525. The predicted octanol–water partition coefficient (Wildman–Crippen LogP) is 3.88. The molecule has 0 bridgehead atoms. The number of hydrogen-bond donors (Lipinski definition) is 0. The van der Waals surface area contributed by atoms with Crippen LogP contribution < -0.4 is 9.47 Å². The van der Waals surface area contributed by atoms with Crippen LogP contribution in [0, 0.1) is 16.0 Å². The first-order valence-corrected chi connectivity index (χ1v) is 10.4. The fourth-order valence-electron chi connectivity index (χ4n) is 3.59. The van der Waals surface area contributed by atoms with E-state index < -0.39 is 4.92 Å². The molecular weight excluding hydrogens is 400 g/mol.